The van der Waals surface area contributed by atoms with Gasteiger partial charge in [-0.1, -0.05) is 18.2 Å². The van der Waals surface area contributed by atoms with Gasteiger partial charge in [-0.15, -0.1) is 0 Å². The largest absolute Gasteiger partial charge is 0.489 e. The van der Waals surface area contributed by atoms with Crippen LogP contribution in [0.1, 0.15) is 35.5 Å². The molecule has 3 N–H and O–H groups in total. The number of nitrogens with zero attached hydrogens (tertiary/aromatic N) is 2. The Bertz CT molecular complexity index is 1010. The minimum absolute atomic E-state index is 0.0651. The molecule has 0 aliphatic rings. The Hall–Kier alpha value is -3.26. The zero-order valence-corrected chi connectivity index (χ0v) is 16.9. The molecule has 0 aliphatic heterocycles. The van der Waals surface area contributed by atoms with Crippen LogP contribution >= 0.6 is 0 Å². The Morgan fingerprint density at radius 3 is 2.66 bits per heavy atom. The number of aromatic nitrogens is 2. The van der Waals surface area contributed by atoms with Crippen LogP contribution < -0.4 is 15.8 Å². The van der Waals surface area contributed by atoms with Gasteiger partial charge in [0.2, 0.25) is 0 Å². The van der Waals surface area contributed by atoms with Crippen LogP contribution in [0.5, 0.6) is 5.75 Å². The lowest BCUT2D eigenvalue weighted by Crippen LogP contribution is -2.44. The molecule has 2 aromatic heterocycles. The summed E-state index contributed by atoms with van der Waals surface area (Å²) in [6.45, 7) is 5.01. The molecule has 0 saturated heterocycles. The average Bonchev–Trinajstić information content (AvgIpc) is 3.03. The summed E-state index contributed by atoms with van der Waals surface area (Å²) in [5.41, 5.74) is 5.38. The number of hydrogen-bond acceptors (Lipinski definition) is 5. The van der Waals surface area contributed by atoms with E-state index in [9.17, 15) is 14.0 Å². The van der Waals surface area contributed by atoms with E-state index in [0.29, 0.717) is 34.4 Å². The van der Waals surface area contributed by atoms with E-state index in [2.05, 4.69) is 16.1 Å². The predicted octanol–water partition coefficient (Wildman–Crippen LogP) is 2.64. The van der Waals surface area contributed by atoms with Crippen molar-refractivity contribution in [2.75, 3.05) is 7.05 Å². The lowest BCUT2D eigenvalue weighted by molar-refractivity contribution is -0.112. The van der Waals surface area contributed by atoms with Gasteiger partial charge in [-0.2, -0.15) is 5.10 Å². The first-order valence-electron chi connectivity index (χ1n) is 9.02. The number of halogens is 1. The fourth-order valence-corrected chi connectivity index (χ4v) is 2.68. The first-order chi connectivity index (χ1) is 13.8. The number of ether oxygens (including phenoxy) is 1. The lowest BCUT2D eigenvalue weighted by atomic mass is 10.1. The number of benzene rings is 1. The molecule has 0 fully saturated rings. The normalized spacial score (nSPS) is 10.8. The molecule has 0 bridgehead atoms. The molecule has 3 rings (SSSR count). The van der Waals surface area contributed by atoms with E-state index in [1.165, 1.54) is 13.1 Å². The number of amides is 1. The second kappa shape index (κ2) is 9.29. The number of carbonyl (C=O) groups excluding carboxylic acids is 2. The zero-order chi connectivity index (χ0) is 21.6. The van der Waals surface area contributed by atoms with E-state index in [4.69, 9.17) is 4.74 Å². The van der Waals surface area contributed by atoms with E-state index >= 15 is 0 Å². The van der Waals surface area contributed by atoms with Crippen molar-refractivity contribution in [2.24, 2.45) is 5.73 Å². The molecule has 0 atom stereocenters. The highest BCUT2D eigenvalue weighted by atomic mass is 19.1. The summed E-state index contributed by atoms with van der Waals surface area (Å²) in [5, 5.41) is 6.99. The first kappa shape index (κ1) is 22.0. The van der Waals surface area contributed by atoms with E-state index in [-0.39, 0.29) is 12.4 Å². The second-order valence-electron chi connectivity index (χ2n) is 6.83. The molecule has 0 spiro atoms. The molecule has 1 aromatic carbocycles. The number of fused-ring (bicyclic) bond motifs is 1. The highest BCUT2D eigenvalue weighted by Gasteiger charge is 2.24. The molecule has 0 unspecified atom stereocenters. The summed E-state index contributed by atoms with van der Waals surface area (Å²) in [6.07, 6.45) is 2.34. The van der Waals surface area contributed by atoms with Crippen molar-refractivity contribution in [2.45, 2.75) is 32.9 Å². The fourth-order valence-electron chi connectivity index (χ4n) is 2.68. The molecule has 29 heavy (non-hydrogen) atoms. The minimum atomic E-state index is -0.989. The summed E-state index contributed by atoms with van der Waals surface area (Å²) in [7, 11) is 1.50. The summed E-state index contributed by atoms with van der Waals surface area (Å²) in [5.74, 6) is -0.254. The number of aryl methyl sites for hydroxylation is 1. The molecule has 3 aromatic rings. The van der Waals surface area contributed by atoms with E-state index in [1.807, 2.05) is 0 Å². The van der Waals surface area contributed by atoms with Crippen molar-refractivity contribution in [1.82, 2.24) is 14.9 Å². The maximum Gasteiger partial charge on any atom is 0.256 e. The van der Waals surface area contributed by atoms with Crippen LogP contribution in [-0.4, -0.2) is 34.4 Å². The molecular formula is C21H25FN4O3. The van der Waals surface area contributed by atoms with Crippen molar-refractivity contribution in [3.05, 3.63) is 65.2 Å². The number of nitrogens with one attached hydrogen (secondary N) is 1. The standard InChI is InChI=1S/C20H20FN3O3.CH5N/c1-13-18(19(26)22-20(2,3)12-25)17-10-15(8-9-24(17)23-13)27-11-14-6-4-5-7-16(14)21;1-2/h4-10,12H,11H2,1-3H3,(H,22,26);2H2,1H3. The summed E-state index contributed by atoms with van der Waals surface area (Å²) in [4.78, 5) is 23.7. The highest BCUT2D eigenvalue weighted by molar-refractivity contribution is 6.03. The van der Waals surface area contributed by atoms with E-state index in [1.54, 1.807) is 61.8 Å². The number of hydrogen-bond donors (Lipinski definition) is 2. The van der Waals surface area contributed by atoms with Crippen LogP contribution in [0.2, 0.25) is 0 Å². The van der Waals surface area contributed by atoms with Crippen LogP contribution in [0.4, 0.5) is 4.39 Å². The molecule has 0 radical (unpaired) electrons. The van der Waals surface area contributed by atoms with Gasteiger partial charge in [0.1, 0.15) is 24.5 Å². The van der Waals surface area contributed by atoms with Gasteiger partial charge >= 0.3 is 0 Å². The third kappa shape index (κ3) is 5.17. The van der Waals surface area contributed by atoms with E-state index in [0.717, 1.165) is 0 Å². The Labute approximate surface area is 168 Å². The van der Waals surface area contributed by atoms with Gasteiger partial charge in [-0.25, -0.2) is 8.91 Å². The summed E-state index contributed by atoms with van der Waals surface area (Å²) >= 11 is 0. The Kier molecular flexibility index (Phi) is 7.06. The smallest absolute Gasteiger partial charge is 0.256 e. The maximum atomic E-state index is 13.7. The number of rotatable bonds is 6. The Balaban J connectivity index is 0.00000145. The number of aldehydes is 1. The topological polar surface area (TPSA) is 98.7 Å². The maximum absolute atomic E-state index is 13.7. The minimum Gasteiger partial charge on any atom is -0.489 e. The molecule has 0 aliphatic carbocycles. The summed E-state index contributed by atoms with van der Waals surface area (Å²) in [6, 6.07) is 9.74. The van der Waals surface area contributed by atoms with Gasteiger partial charge in [0.15, 0.2) is 0 Å². The second-order valence-corrected chi connectivity index (χ2v) is 6.83. The SMILES string of the molecule is CN.Cc1nn2ccc(OCc3ccccc3F)cc2c1C(=O)NC(C)(C)C=O. The quantitative estimate of drug-likeness (QED) is 0.620. The highest BCUT2D eigenvalue weighted by Crippen LogP contribution is 2.22. The van der Waals surface area contributed by atoms with Crippen molar-refractivity contribution in [3.8, 4) is 5.75 Å². The lowest BCUT2D eigenvalue weighted by Gasteiger charge is -2.18. The molecule has 8 heteroatoms. The Morgan fingerprint density at radius 2 is 2.00 bits per heavy atom. The predicted molar refractivity (Wildman–Crippen MR) is 108 cm³/mol. The third-order valence-corrected chi connectivity index (χ3v) is 4.09. The fraction of sp³-hybridized carbons (Fsp3) is 0.286. The van der Waals surface area contributed by atoms with Crippen LogP contribution in [0.3, 0.4) is 0 Å². The monoisotopic (exact) mass is 400 g/mol. The van der Waals surface area contributed by atoms with Gasteiger partial charge in [0.25, 0.3) is 5.91 Å². The van der Waals surface area contributed by atoms with Crippen LogP contribution in [0.15, 0.2) is 42.6 Å². The van der Waals surface area contributed by atoms with Crippen LogP contribution in [0.25, 0.3) is 5.52 Å². The van der Waals surface area contributed by atoms with Gasteiger partial charge in [-0.05, 0) is 40.0 Å². The van der Waals surface area contributed by atoms with Gasteiger partial charge < -0.3 is 20.6 Å². The molecular weight excluding hydrogens is 375 g/mol. The first-order valence-corrected chi connectivity index (χ1v) is 9.02. The van der Waals surface area contributed by atoms with Gasteiger partial charge in [-0.3, -0.25) is 4.79 Å². The third-order valence-electron chi connectivity index (χ3n) is 4.09. The van der Waals surface area contributed by atoms with Crippen molar-refractivity contribution >= 4 is 17.7 Å². The number of nitrogens with two attached hydrogens (primary N) is 1. The summed E-state index contributed by atoms with van der Waals surface area (Å²) < 4.78 is 21.0. The molecule has 0 saturated carbocycles. The number of pyridine rings is 1. The van der Waals surface area contributed by atoms with Crippen LogP contribution in [-0.2, 0) is 11.4 Å². The molecule has 1 amide bonds. The molecule has 7 nitrogen and oxygen atoms in total. The zero-order valence-electron chi connectivity index (χ0n) is 16.9. The van der Waals surface area contributed by atoms with Gasteiger partial charge in [0.05, 0.1) is 22.3 Å². The Morgan fingerprint density at radius 1 is 1.31 bits per heavy atom. The van der Waals surface area contributed by atoms with E-state index < -0.39 is 11.4 Å². The molecule has 154 valence electrons. The van der Waals surface area contributed by atoms with Crippen molar-refractivity contribution in [3.63, 3.8) is 0 Å². The van der Waals surface area contributed by atoms with Gasteiger partial charge in [0, 0.05) is 17.8 Å². The average molecular weight is 400 g/mol. The van der Waals surface area contributed by atoms with Crippen molar-refractivity contribution < 1.29 is 18.7 Å². The van der Waals surface area contributed by atoms with Crippen LogP contribution in [0, 0.1) is 12.7 Å². The van der Waals surface area contributed by atoms with Crippen molar-refractivity contribution in [1.29, 1.82) is 0 Å². The molecule has 2 heterocycles. The number of carbonyl (C=O) groups is 2.